The fraction of sp³-hybridized carbons (Fsp3) is 0.462. The molecule has 2 aromatic heterocycles. The second-order valence-electron chi connectivity index (χ2n) is 4.24. The van der Waals surface area contributed by atoms with Crippen molar-refractivity contribution in [2.75, 3.05) is 6.54 Å². The molecule has 1 atom stereocenters. The maximum Gasteiger partial charge on any atom is 0.341 e. The Morgan fingerprint density at radius 1 is 1.32 bits per heavy atom. The number of rotatable bonds is 6. The van der Waals surface area contributed by atoms with Gasteiger partial charge in [0.25, 0.3) is 0 Å². The van der Waals surface area contributed by atoms with Crippen LogP contribution in [0.15, 0.2) is 24.7 Å². The van der Waals surface area contributed by atoms with Crippen LogP contribution in [-0.4, -0.2) is 26.3 Å². The number of hydrogen-bond donors (Lipinski definition) is 1. The van der Waals surface area contributed by atoms with E-state index in [2.05, 4.69) is 34.2 Å². The van der Waals surface area contributed by atoms with Crippen LogP contribution in [0.25, 0.3) is 0 Å². The van der Waals surface area contributed by atoms with Gasteiger partial charge in [0.15, 0.2) is 0 Å². The molecule has 2 aromatic rings. The molecular weight excluding hydrogens is 242 g/mol. The lowest BCUT2D eigenvalue weighted by Gasteiger charge is -2.15. The van der Waals surface area contributed by atoms with Crippen molar-refractivity contribution in [3.63, 3.8) is 0 Å². The van der Waals surface area contributed by atoms with Gasteiger partial charge in [-0.1, -0.05) is 13.8 Å². The van der Waals surface area contributed by atoms with Crippen LogP contribution in [0.4, 0.5) is 0 Å². The summed E-state index contributed by atoms with van der Waals surface area (Å²) >= 11 is 0. The van der Waals surface area contributed by atoms with E-state index in [0.29, 0.717) is 11.8 Å². The maximum absolute atomic E-state index is 5.50. The first kappa shape index (κ1) is 13.5. The van der Waals surface area contributed by atoms with E-state index in [4.69, 9.17) is 4.74 Å². The first-order valence-corrected chi connectivity index (χ1v) is 6.45. The summed E-state index contributed by atoms with van der Waals surface area (Å²) in [5.74, 6) is 0.640. The molecule has 0 saturated heterocycles. The fourth-order valence-electron chi connectivity index (χ4n) is 1.83. The van der Waals surface area contributed by atoms with Crippen LogP contribution in [-0.2, 0) is 7.05 Å². The number of nitrogens with zero attached hydrogens (tertiary/aromatic N) is 4. The topological polar surface area (TPSA) is 64.9 Å². The SMILES string of the molecule is CCNC(CC)c1ccc(Oc2ncn(C)n2)cn1. The van der Waals surface area contributed by atoms with Crippen LogP contribution >= 0.6 is 0 Å². The van der Waals surface area contributed by atoms with E-state index in [1.807, 2.05) is 12.1 Å². The Bertz CT molecular complexity index is 508. The summed E-state index contributed by atoms with van der Waals surface area (Å²) in [4.78, 5) is 8.43. The standard InChI is InChI=1S/C13H19N5O/c1-4-11(14-5-2)12-7-6-10(8-15-12)19-13-16-9-18(3)17-13/h6-9,11,14H,4-5H2,1-3H3. The highest BCUT2D eigenvalue weighted by atomic mass is 16.5. The molecule has 1 unspecified atom stereocenters. The lowest BCUT2D eigenvalue weighted by molar-refractivity contribution is 0.435. The molecule has 0 aromatic carbocycles. The van der Waals surface area contributed by atoms with Crippen molar-refractivity contribution in [3.05, 3.63) is 30.4 Å². The molecule has 6 nitrogen and oxygen atoms in total. The number of hydrogen-bond acceptors (Lipinski definition) is 5. The van der Waals surface area contributed by atoms with Gasteiger partial charge in [0.2, 0.25) is 0 Å². The highest BCUT2D eigenvalue weighted by molar-refractivity contribution is 5.23. The minimum atomic E-state index is 0.284. The molecule has 6 heteroatoms. The number of nitrogens with one attached hydrogen (secondary N) is 1. The third-order valence-electron chi connectivity index (χ3n) is 2.76. The van der Waals surface area contributed by atoms with Crippen molar-refractivity contribution in [1.29, 1.82) is 0 Å². The van der Waals surface area contributed by atoms with E-state index in [0.717, 1.165) is 18.7 Å². The Morgan fingerprint density at radius 2 is 2.16 bits per heavy atom. The summed E-state index contributed by atoms with van der Waals surface area (Å²) in [6.45, 7) is 5.15. The molecule has 2 heterocycles. The van der Waals surface area contributed by atoms with Crippen LogP contribution in [0.5, 0.6) is 11.8 Å². The van der Waals surface area contributed by atoms with Gasteiger partial charge in [-0.3, -0.25) is 9.67 Å². The van der Waals surface area contributed by atoms with Crippen LogP contribution in [0, 0.1) is 0 Å². The summed E-state index contributed by atoms with van der Waals surface area (Å²) in [6.07, 6.45) is 4.30. The van der Waals surface area contributed by atoms with Gasteiger partial charge in [0.1, 0.15) is 12.1 Å². The highest BCUT2D eigenvalue weighted by Crippen LogP contribution is 2.19. The van der Waals surface area contributed by atoms with Crippen molar-refractivity contribution in [3.8, 4) is 11.8 Å². The molecule has 102 valence electrons. The summed E-state index contributed by atoms with van der Waals surface area (Å²) in [7, 11) is 1.80. The molecule has 0 aliphatic rings. The molecule has 0 radical (unpaired) electrons. The van der Waals surface area contributed by atoms with Gasteiger partial charge in [0.05, 0.1) is 11.9 Å². The molecular formula is C13H19N5O. The Kier molecular flexibility index (Phi) is 4.46. The predicted octanol–water partition coefficient (Wildman–Crippen LogP) is 2.06. The minimum absolute atomic E-state index is 0.284. The number of pyridine rings is 1. The van der Waals surface area contributed by atoms with E-state index in [9.17, 15) is 0 Å². The second-order valence-corrected chi connectivity index (χ2v) is 4.24. The minimum Gasteiger partial charge on any atom is -0.422 e. The zero-order chi connectivity index (χ0) is 13.7. The van der Waals surface area contributed by atoms with E-state index in [1.165, 1.54) is 0 Å². The second kappa shape index (κ2) is 6.29. The highest BCUT2D eigenvalue weighted by Gasteiger charge is 2.09. The molecule has 0 saturated carbocycles. The average molecular weight is 261 g/mol. The first-order chi connectivity index (χ1) is 9.22. The monoisotopic (exact) mass is 261 g/mol. The lowest BCUT2D eigenvalue weighted by atomic mass is 10.1. The van der Waals surface area contributed by atoms with Crippen molar-refractivity contribution in [1.82, 2.24) is 25.1 Å². The number of aryl methyl sites for hydroxylation is 1. The van der Waals surface area contributed by atoms with Gasteiger partial charge in [-0.2, -0.15) is 4.98 Å². The van der Waals surface area contributed by atoms with E-state index < -0.39 is 0 Å². The third-order valence-corrected chi connectivity index (χ3v) is 2.76. The van der Waals surface area contributed by atoms with Gasteiger partial charge < -0.3 is 10.1 Å². The molecule has 0 bridgehead atoms. The van der Waals surface area contributed by atoms with Gasteiger partial charge in [-0.25, -0.2) is 0 Å². The average Bonchev–Trinajstić information content (AvgIpc) is 2.82. The largest absolute Gasteiger partial charge is 0.422 e. The summed E-state index contributed by atoms with van der Waals surface area (Å²) in [6, 6.07) is 4.47. The van der Waals surface area contributed by atoms with Crippen LogP contribution in [0.3, 0.4) is 0 Å². The van der Waals surface area contributed by atoms with Crippen molar-refractivity contribution in [2.24, 2.45) is 7.05 Å². The summed E-state index contributed by atoms with van der Waals surface area (Å²) < 4.78 is 7.09. The lowest BCUT2D eigenvalue weighted by Crippen LogP contribution is -2.20. The molecule has 0 fully saturated rings. The molecule has 0 aliphatic carbocycles. The van der Waals surface area contributed by atoms with Gasteiger partial charge in [0, 0.05) is 13.1 Å². The van der Waals surface area contributed by atoms with Crippen molar-refractivity contribution >= 4 is 0 Å². The fourth-order valence-corrected chi connectivity index (χ4v) is 1.83. The smallest absolute Gasteiger partial charge is 0.341 e. The summed E-state index contributed by atoms with van der Waals surface area (Å²) in [5.41, 5.74) is 1.02. The quantitative estimate of drug-likeness (QED) is 0.862. The summed E-state index contributed by atoms with van der Waals surface area (Å²) in [5, 5.41) is 7.44. The third kappa shape index (κ3) is 3.51. The molecule has 0 spiro atoms. The Balaban J connectivity index is 2.05. The zero-order valence-electron chi connectivity index (χ0n) is 11.5. The maximum atomic E-state index is 5.50. The Hall–Kier alpha value is -1.95. The zero-order valence-corrected chi connectivity index (χ0v) is 11.5. The van der Waals surface area contributed by atoms with Crippen molar-refractivity contribution in [2.45, 2.75) is 26.3 Å². The van der Waals surface area contributed by atoms with Crippen LogP contribution < -0.4 is 10.1 Å². The molecule has 19 heavy (non-hydrogen) atoms. The van der Waals surface area contributed by atoms with Gasteiger partial charge in [-0.05, 0) is 25.1 Å². The van der Waals surface area contributed by atoms with Gasteiger partial charge >= 0.3 is 6.01 Å². The predicted molar refractivity (Wildman–Crippen MR) is 72.0 cm³/mol. The molecule has 0 aliphatic heterocycles. The number of aromatic nitrogens is 4. The Morgan fingerprint density at radius 3 is 2.68 bits per heavy atom. The van der Waals surface area contributed by atoms with E-state index in [-0.39, 0.29) is 6.04 Å². The number of ether oxygens (including phenoxy) is 1. The Labute approximate surface area is 112 Å². The van der Waals surface area contributed by atoms with E-state index >= 15 is 0 Å². The normalized spacial score (nSPS) is 12.4. The molecule has 2 rings (SSSR count). The van der Waals surface area contributed by atoms with Gasteiger partial charge in [-0.15, -0.1) is 5.10 Å². The van der Waals surface area contributed by atoms with Crippen molar-refractivity contribution < 1.29 is 4.74 Å². The first-order valence-electron chi connectivity index (χ1n) is 6.45. The van der Waals surface area contributed by atoms with Crippen LogP contribution in [0.1, 0.15) is 32.0 Å². The van der Waals surface area contributed by atoms with E-state index in [1.54, 1.807) is 24.3 Å². The van der Waals surface area contributed by atoms with Crippen LogP contribution in [0.2, 0.25) is 0 Å². The molecule has 1 N–H and O–H groups in total. The molecule has 0 amide bonds.